The molecule has 28 heavy (non-hydrogen) atoms. The van der Waals surface area contributed by atoms with Gasteiger partial charge in [0.1, 0.15) is 5.75 Å². The first-order valence-electron chi connectivity index (χ1n) is 9.60. The Kier molecular flexibility index (Phi) is 5.05. The number of carbonyl (C=O) groups is 1. The molecular formula is C22H25N3O3. The van der Waals surface area contributed by atoms with Crippen LogP contribution < -0.4 is 4.74 Å². The molecule has 3 aromatic rings. The van der Waals surface area contributed by atoms with Gasteiger partial charge in [-0.15, -0.1) is 0 Å². The van der Waals surface area contributed by atoms with Gasteiger partial charge in [0.2, 0.25) is 0 Å². The molecule has 0 spiro atoms. The van der Waals surface area contributed by atoms with Gasteiger partial charge in [0.15, 0.2) is 0 Å². The van der Waals surface area contributed by atoms with Crippen molar-refractivity contribution in [3.63, 3.8) is 0 Å². The summed E-state index contributed by atoms with van der Waals surface area (Å²) in [5.41, 5.74) is 2.40. The third kappa shape index (κ3) is 3.47. The van der Waals surface area contributed by atoms with E-state index in [9.17, 15) is 9.90 Å². The van der Waals surface area contributed by atoms with Crippen molar-refractivity contribution in [3.8, 4) is 5.75 Å². The van der Waals surface area contributed by atoms with Crippen molar-refractivity contribution in [1.82, 2.24) is 14.5 Å². The number of ether oxygens (including phenoxy) is 1. The Morgan fingerprint density at radius 2 is 2.04 bits per heavy atom. The molecule has 1 aliphatic rings. The first-order valence-corrected chi connectivity index (χ1v) is 9.60. The summed E-state index contributed by atoms with van der Waals surface area (Å²) in [5, 5.41) is 14.4. The number of fused-ring (bicyclic) bond motifs is 1. The molecule has 4 rings (SSSR count). The highest BCUT2D eigenvalue weighted by Crippen LogP contribution is 2.36. The van der Waals surface area contributed by atoms with E-state index in [1.807, 2.05) is 47.5 Å². The number of aromatic nitrogens is 2. The summed E-state index contributed by atoms with van der Waals surface area (Å²) in [4.78, 5) is 14.9. The largest absolute Gasteiger partial charge is 0.497 e. The van der Waals surface area contributed by atoms with Gasteiger partial charge >= 0.3 is 0 Å². The lowest BCUT2D eigenvalue weighted by Crippen LogP contribution is -2.45. The quantitative estimate of drug-likeness (QED) is 0.740. The minimum atomic E-state index is -0.204. The van der Waals surface area contributed by atoms with Gasteiger partial charge < -0.3 is 14.7 Å². The molecule has 0 unspecified atom stereocenters. The number of likely N-dealkylation sites (tertiary alicyclic amines) is 1. The molecule has 6 heteroatoms. The minimum Gasteiger partial charge on any atom is -0.497 e. The minimum absolute atomic E-state index is 0.00844. The highest BCUT2D eigenvalue weighted by Gasteiger charge is 2.36. The standard InChI is InChI=1S/C22H25N3O3/c1-28-18-6-4-5-17(13-18)14-22(16-26)8-11-24(12-9-22)21(27)19-15-23-25-10-3-2-7-20(19)25/h2-7,10,13,15,26H,8-9,11-12,14,16H2,1H3. The van der Waals surface area contributed by atoms with Crippen LogP contribution in [0, 0.1) is 5.41 Å². The van der Waals surface area contributed by atoms with Crippen molar-refractivity contribution in [1.29, 1.82) is 0 Å². The molecule has 1 fully saturated rings. The van der Waals surface area contributed by atoms with Gasteiger partial charge in [0.05, 0.1) is 24.4 Å². The molecule has 1 amide bonds. The maximum absolute atomic E-state index is 13.0. The fraction of sp³-hybridized carbons (Fsp3) is 0.364. The SMILES string of the molecule is COc1cccc(CC2(CO)CCN(C(=O)c3cnn4ccccc34)CC2)c1. The first-order chi connectivity index (χ1) is 13.6. The summed E-state index contributed by atoms with van der Waals surface area (Å²) < 4.78 is 7.03. The maximum Gasteiger partial charge on any atom is 0.257 e. The van der Waals surface area contributed by atoms with Gasteiger partial charge in [-0.1, -0.05) is 18.2 Å². The fourth-order valence-corrected chi connectivity index (χ4v) is 4.06. The van der Waals surface area contributed by atoms with Crippen LogP contribution in [0.3, 0.4) is 0 Å². The van der Waals surface area contributed by atoms with Gasteiger partial charge in [0, 0.05) is 31.3 Å². The number of piperidine rings is 1. The molecular weight excluding hydrogens is 354 g/mol. The predicted octanol–water partition coefficient (Wildman–Crippen LogP) is 2.80. The van der Waals surface area contributed by atoms with E-state index in [0.717, 1.165) is 36.1 Å². The van der Waals surface area contributed by atoms with E-state index in [0.29, 0.717) is 18.7 Å². The molecule has 0 saturated carbocycles. The van der Waals surface area contributed by atoms with E-state index in [-0.39, 0.29) is 17.9 Å². The second kappa shape index (κ2) is 7.64. The normalized spacial score (nSPS) is 16.3. The van der Waals surface area contributed by atoms with Gasteiger partial charge in [-0.05, 0) is 49.1 Å². The summed E-state index contributed by atoms with van der Waals surface area (Å²) in [6, 6.07) is 13.7. The number of aliphatic hydroxyl groups is 1. The van der Waals surface area contributed by atoms with Crippen LogP contribution in [-0.4, -0.2) is 52.3 Å². The zero-order valence-electron chi connectivity index (χ0n) is 16.0. The molecule has 2 aromatic heterocycles. The van der Waals surface area contributed by atoms with E-state index in [1.165, 1.54) is 0 Å². The summed E-state index contributed by atoms with van der Waals surface area (Å²) in [5.74, 6) is 0.834. The molecule has 6 nitrogen and oxygen atoms in total. The van der Waals surface area contributed by atoms with Crippen LogP contribution in [0.25, 0.3) is 5.52 Å². The van der Waals surface area contributed by atoms with Crippen molar-refractivity contribution in [2.75, 3.05) is 26.8 Å². The summed E-state index contributed by atoms with van der Waals surface area (Å²) in [6.07, 6.45) is 5.80. The topological polar surface area (TPSA) is 67.1 Å². The highest BCUT2D eigenvalue weighted by atomic mass is 16.5. The zero-order chi connectivity index (χ0) is 19.6. The second-order valence-corrected chi connectivity index (χ2v) is 7.57. The summed E-state index contributed by atoms with van der Waals surface area (Å²) in [6.45, 7) is 1.38. The maximum atomic E-state index is 13.0. The number of rotatable bonds is 5. The number of hydrogen-bond acceptors (Lipinski definition) is 4. The molecule has 1 aliphatic heterocycles. The Morgan fingerprint density at radius 3 is 2.79 bits per heavy atom. The van der Waals surface area contributed by atoms with Crippen molar-refractivity contribution in [3.05, 3.63) is 66.0 Å². The molecule has 1 aromatic carbocycles. The van der Waals surface area contributed by atoms with Crippen LogP contribution in [0.15, 0.2) is 54.9 Å². The average Bonchev–Trinajstić information content (AvgIpc) is 3.18. The zero-order valence-corrected chi connectivity index (χ0v) is 16.0. The Labute approximate surface area is 164 Å². The van der Waals surface area contributed by atoms with Crippen LogP contribution in [-0.2, 0) is 6.42 Å². The van der Waals surface area contributed by atoms with E-state index in [4.69, 9.17) is 4.74 Å². The Bertz CT molecular complexity index is 974. The molecule has 0 bridgehead atoms. The lowest BCUT2D eigenvalue weighted by atomic mass is 9.74. The van der Waals surface area contributed by atoms with Crippen molar-refractivity contribution < 1.29 is 14.6 Å². The second-order valence-electron chi connectivity index (χ2n) is 7.57. The van der Waals surface area contributed by atoms with E-state index in [2.05, 4.69) is 11.2 Å². The van der Waals surface area contributed by atoms with E-state index >= 15 is 0 Å². The molecule has 3 heterocycles. The monoisotopic (exact) mass is 379 g/mol. The summed E-state index contributed by atoms with van der Waals surface area (Å²) in [7, 11) is 1.66. The van der Waals surface area contributed by atoms with Gasteiger partial charge in [0.25, 0.3) is 5.91 Å². The Balaban J connectivity index is 1.47. The number of aliphatic hydroxyl groups excluding tert-OH is 1. The number of pyridine rings is 1. The number of methoxy groups -OCH3 is 1. The van der Waals surface area contributed by atoms with Crippen LogP contribution in [0.2, 0.25) is 0 Å². The van der Waals surface area contributed by atoms with Crippen LogP contribution in [0.1, 0.15) is 28.8 Å². The lowest BCUT2D eigenvalue weighted by molar-refractivity contribution is 0.0359. The van der Waals surface area contributed by atoms with E-state index < -0.39 is 0 Å². The third-order valence-corrected chi connectivity index (χ3v) is 5.82. The van der Waals surface area contributed by atoms with Gasteiger partial charge in [-0.3, -0.25) is 4.79 Å². The predicted molar refractivity (Wildman–Crippen MR) is 107 cm³/mol. The molecule has 0 radical (unpaired) electrons. The third-order valence-electron chi connectivity index (χ3n) is 5.82. The number of hydrogen-bond donors (Lipinski definition) is 1. The average molecular weight is 379 g/mol. The summed E-state index contributed by atoms with van der Waals surface area (Å²) >= 11 is 0. The first kappa shape index (κ1) is 18.5. The van der Waals surface area contributed by atoms with Crippen LogP contribution >= 0.6 is 0 Å². The number of amides is 1. The lowest BCUT2D eigenvalue weighted by Gasteiger charge is -2.41. The van der Waals surface area contributed by atoms with Crippen molar-refractivity contribution in [2.45, 2.75) is 19.3 Å². The smallest absolute Gasteiger partial charge is 0.257 e. The number of nitrogens with zero attached hydrogens (tertiary/aromatic N) is 3. The highest BCUT2D eigenvalue weighted by molar-refractivity contribution is 6.00. The van der Waals surface area contributed by atoms with Crippen LogP contribution in [0.5, 0.6) is 5.75 Å². The Hall–Kier alpha value is -2.86. The fourth-order valence-electron chi connectivity index (χ4n) is 4.06. The molecule has 1 N–H and O–H groups in total. The van der Waals surface area contributed by atoms with Gasteiger partial charge in [-0.25, -0.2) is 4.52 Å². The number of carbonyl (C=O) groups excluding carboxylic acids is 1. The van der Waals surface area contributed by atoms with Crippen molar-refractivity contribution in [2.24, 2.45) is 5.41 Å². The van der Waals surface area contributed by atoms with Crippen molar-refractivity contribution >= 4 is 11.4 Å². The van der Waals surface area contributed by atoms with Crippen LogP contribution in [0.4, 0.5) is 0 Å². The molecule has 0 atom stereocenters. The van der Waals surface area contributed by atoms with Gasteiger partial charge in [-0.2, -0.15) is 5.10 Å². The molecule has 146 valence electrons. The number of benzene rings is 1. The molecule has 1 saturated heterocycles. The molecule has 0 aliphatic carbocycles. The van der Waals surface area contributed by atoms with E-state index in [1.54, 1.807) is 17.8 Å². The Morgan fingerprint density at radius 1 is 1.21 bits per heavy atom.